The van der Waals surface area contributed by atoms with E-state index in [-0.39, 0.29) is 0 Å². The molecule has 0 amide bonds. The van der Waals surface area contributed by atoms with Gasteiger partial charge in [-0.05, 0) is 99.9 Å². The Hall–Kier alpha value is -3.50. The van der Waals surface area contributed by atoms with Crippen LogP contribution in [0.4, 0.5) is 11.4 Å². The standard InChI is InChI=1S/C32H46Cl2N10/c33-25-11-15-27(16-12-25)39-29(35)41-31(43-21-7-3-8-22-43)37-19-5-1-2-6-20-38-32(44-23-9-4-10-24-44)42-30(36)40-28-17-13-26(34)14-18-28/h11-18H,1-10,19-24H2,(H3,35,37,39,41)(H3,36,38,40,42). The second kappa shape index (κ2) is 18.3. The van der Waals surface area contributed by atoms with Gasteiger partial charge in [-0.1, -0.05) is 36.0 Å². The first-order valence-corrected chi connectivity index (χ1v) is 16.5. The van der Waals surface area contributed by atoms with Crippen LogP contribution in [0.2, 0.25) is 10.0 Å². The van der Waals surface area contributed by atoms with Crippen molar-refractivity contribution in [3.05, 3.63) is 58.6 Å². The minimum absolute atomic E-state index is 0.325. The summed E-state index contributed by atoms with van der Waals surface area (Å²) in [4.78, 5) is 23.5. The van der Waals surface area contributed by atoms with Crippen LogP contribution in [-0.2, 0) is 0 Å². The van der Waals surface area contributed by atoms with E-state index in [1.54, 1.807) is 0 Å². The first-order valence-electron chi connectivity index (χ1n) is 15.8. The minimum atomic E-state index is 0.325. The van der Waals surface area contributed by atoms with Crippen molar-refractivity contribution in [3.63, 3.8) is 0 Å². The third-order valence-corrected chi connectivity index (χ3v) is 8.03. The van der Waals surface area contributed by atoms with E-state index < -0.39 is 0 Å². The smallest absolute Gasteiger partial charge is 0.223 e. The molecule has 2 aliphatic rings. The van der Waals surface area contributed by atoms with E-state index in [4.69, 9.17) is 44.7 Å². The van der Waals surface area contributed by atoms with Crippen LogP contribution in [0.15, 0.2) is 68.5 Å². The molecule has 2 aromatic rings. The predicted molar refractivity (Wildman–Crippen MR) is 187 cm³/mol. The molecule has 2 aromatic carbocycles. The molecule has 2 fully saturated rings. The van der Waals surface area contributed by atoms with E-state index in [0.717, 1.165) is 88.9 Å². The molecule has 0 aromatic heterocycles. The molecule has 2 saturated heterocycles. The fraction of sp³-hybridized carbons (Fsp3) is 0.500. The van der Waals surface area contributed by atoms with E-state index in [1.165, 1.54) is 12.8 Å². The van der Waals surface area contributed by atoms with E-state index in [2.05, 4.69) is 30.4 Å². The largest absolute Gasteiger partial charge is 0.369 e. The van der Waals surface area contributed by atoms with Gasteiger partial charge in [-0.25, -0.2) is 0 Å². The summed E-state index contributed by atoms with van der Waals surface area (Å²) in [6.45, 7) is 5.24. The normalized spacial score (nSPS) is 17.1. The molecule has 2 heterocycles. The number of aliphatic imine (C=N–C) groups is 4. The average Bonchev–Trinajstić information content (AvgIpc) is 3.04. The molecule has 0 atom stereocenters. The molecule has 238 valence electrons. The molecule has 6 N–H and O–H groups in total. The number of guanidine groups is 4. The Morgan fingerprint density at radius 3 is 1.30 bits per heavy atom. The zero-order valence-electron chi connectivity index (χ0n) is 25.5. The fourth-order valence-electron chi connectivity index (χ4n) is 5.17. The van der Waals surface area contributed by atoms with Crippen molar-refractivity contribution >= 4 is 58.4 Å². The third kappa shape index (κ3) is 11.9. The van der Waals surface area contributed by atoms with Crippen molar-refractivity contribution in [2.75, 3.05) is 49.9 Å². The van der Waals surface area contributed by atoms with Gasteiger partial charge in [0.25, 0.3) is 0 Å². The third-order valence-electron chi connectivity index (χ3n) is 7.52. The summed E-state index contributed by atoms with van der Waals surface area (Å²) in [6.07, 6.45) is 11.2. The summed E-state index contributed by atoms with van der Waals surface area (Å²) >= 11 is 12.0. The van der Waals surface area contributed by atoms with E-state index in [0.29, 0.717) is 47.0 Å². The highest BCUT2D eigenvalue weighted by Crippen LogP contribution is 2.16. The topological polar surface area (TPSA) is 132 Å². The summed E-state index contributed by atoms with van der Waals surface area (Å²) in [7, 11) is 0. The number of benzene rings is 2. The highest BCUT2D eigenvalue weighted by atomic mass is 35.5. The van der Waals surface area contributed by atoms with Crippen LogP contribution in [0.3, 0.4) is 0 Å². The monoisotopic (exact) mass is 640 g/mol. The number of unbranched alkanes of at least 4 members (excludes halogenated alkanes) is 3. The van der Waals surface area contributed by atoms with Gasteiger partial charge in [-0.2, -0.15) is 9.98 Å². The van der Waals surface area contributed by atoms with Crippen molar-refractivity contribution in [1.29, 1.82) is 0 Å². The zero-order chi connectivity index (χ0) is 31.0. The van der Waals surface area contributed by atoms with Crippen molar-refractivity contribution in [2.45, 2.75) is 64.2 Å². The Labute approximate surface area is 271 Å². The minimum Gasteiger partial charge on any atom is -0.369 e. The lowest BCUT2D eigenvalue weighted by molar-refractivity contribution is 0.338. The highest BCUT2D eigenvalue weighted by Gasteiger charge is 2.16. The van der Waals surface area contributed by atoms with Crippen molar-refractivity contribution in [1.82, 2.24) is 9.80 Å². The summed E-state index contributed by atoms with van der Waals surface area (Å²) < 4.78 is 0. The van der Waals surface area contributed by atoms with Crippen LogP contribution >= 0.6 is 23.2 Å². The Balaban J connectivity index is 1.26. The molecule has 0 bridgehead atoms. The molecular formula is C32H46Cl2N10. The molecule has 10 nitrogen and oxygen atoms in total. The van der Waals surface area contributed by atoms with Crippen LogP contribution in [0.1, 0.15) is 64.2 Å². The number of rotatable bonds is 9. The number of hydrogen-bond donors (Lipinski definition) is 4. The fourth-order valence-corrected chi connectivity index (χ4v) is 5.42. The van der Waals surface area contributed by atoms with Crippen LogP contribution in [-0.4, -0.2) is 72.9 Å². The van der Waals surface area contributed by atoms with Gasteiger partial charge in [-0.3, -0.25) is 9.98 Å². The van der Waals surface area contributed by atoms with E-state index in [1.807, 2.05) is 48.5 Å². The summed E-state index contributed by atoms with van der Waals surface area (Å²) in [5, 5.41) is 7.64. The molecule has 0 radical (unpaired) electrons. The molecule has 4 rings (SSSR count). The van der Waals surface area contributed by atoms with Crippen molar-refractivity contribution < 1.29 is 0 Å². The molecule has 0 unspecified atom stereocenters. The van der Waals surface area contributed by atoms with Crippen LogP contribution in [0.25, 0.3) is 0 Å². The summed E-state index contributed by atoms with van der Waals surface area (Å²) in [5.74, 6) is 2.07. The Morgan fingerprint density at radius 2 is 0.932 bits per heavy atom. The van der Waals surface area contributed by atoms with Crippen LogP contribution in [0, 0.1) is 0 Å². The summed E-state index contributed by atoms with van der Waals surface area (Å²) in [6, 6.07) is 14.8. The number of nitrogens with zero attached hydrogens (tertiary/aromatic N) is 6. The van der Waals surface area contributed by atoms with E-state index >= 15 is 0 Å². The Bertz CT molecular complexity index is 1160. The number of nitrogens with one attached hydrogen (secondary N) is 2. The maximum atomic E-state index is 6.25. The lowest BCUT2D eigenvalue weighted by atomic mass is 10.1. The SMILES string of the molecule is N/C(=N/C(=NCCCCCCN=C(/N=C(\N)Nc1ccc(Cl)cc1)N1CCCCC1)N1CCCCC1)Nc1ccc(Cl)cc1. The molecule has 0 aliphatic carbocycles. The first kappa shape index (κ1) is 33.4. The lowest BCUT2D eigenvalue weighted by Gasteiger charge is -2.27. The van der Waals surface area contributed by atoms with Gasteiger partial charge in [0.05, 0.1) is 0 Å². The number of nitrogens with two attached hydrogens (primary N) is 2. The Kier molecular flexibility index (Phi) is 13.9. The molecule has 2 aliphatic heterocycles. The number of piperidine rings is 2. The van der Waals surface area contributed by atoms with Crippen molar-refractivity contribution in [3.8, 4) is 0 Å². The van der Waals surface area contributed by atoms with Gasteiger partial charge >= 0.3 is 0 Å². The quantitative estimate of drug-likeness (QED) is 0.143. The maximum Gasteiger partial charge on any atom is 0.223 e. The van der Waals surface area contributed by atoms with E-state index in [9.17, 15) is 0 Å². The molecule has 0 saturated carbocycles. The highest BCUT2D eigenvalue weighted by molar-refractivity contribution is 6.31. The second-order valence-corrected chi connectivity index (χ2v) is 12.0. The number of anilines is 2. The lowest BCUT2D eigenvalue weighted by Crippen LogP contribution is -2.37. The summed E-state index contributed by atoms with van der Waals surface area (Å²) in [5.41, 5.74) is 14.2. The Morgan fingerprint density at radius 1 is 0.568 bits per heavy atom. The average molecular weight is 642 g/mol. The number of likely N-dealkylation sites (tertiary alicyclic amines) is 2. The maximum absolute atomic E-state index is 6.25. The first-order chi connectivity index (χ1) is 21.5. The van der Waals surface area contributed by atoms with Gasteiger partial charge in [0.1, 0.15) is 0 Å². The molecule has 0 spiro atoms. The van der Waals surface area contributed by atoms with Crippen LogP contribution < -0.4 is 22.1 Å². The van der Waals surface area contributed by atoms with Gasteiger partial charge < -0.3 is 31.9 Å². The van der Waals surface area contributed by atoms with Crippen molar-refractivity contribution in [2.24, 2.45) is 31.4 Å². The molecule has 12 heteroatoms. The molecular weight excluding hydrogens is 595 g/mol. The predicted octanol–water partition coefficient (Wildman–Crippen LogP) is 6.39. The van der Waals surface area contributed by atoms with Gasteiger partial charge in [0.2, 0.25) is 23.8 Å². The second-order valence-electron chi connectivity index (χ2n) is 11.1. The number of hydrogen-bond acceptors (Lipinski definition) is 2. The zero-order valence-corrected chi connectivity index (χ0v) is 27.0. The van der Waals surface area contributed by atoms with Crippen LogP contribution in [0.5, 0.6) is 0 Å². The van der Waals surface area contributed by atoms with Gasteiger partial charge in [-0.15, -0.1) is 0 Å². The van der Waals surface area contributed by atoms with Gasteiger partial charge in [0.15, 0.2) is 0 Å². The molecule has 44 heavy (non-hydrogen) atoms. The van der Waals surface area contributed by atoms with Gasteiger partial charge in [0, 0.05) is 60.7 Å². The number of halogens is 2.